The van der Waals surface area contributed by atoms with Crippen molar-refractivity contribution in [3.63, 3.8) is 0 Å². The summed E-state index contributed by atoms with van der Waals surface area (Å²) in [5.41, 5.74) is -3.22. The second kappa shape index (κ2) is 11.4. The lowest BCUT2D eigenvalue weighted by molar-refractivity contribution is -0.265. The van der Waals surface area contributed by atoms with Crippen LogP contribution < -0.4 is 19.5 Å². The van der Waals surface area contributed by atoms with E-state index < -0.39 is 29.9 Å². The monoisotopic (exact) mass is 521 g/mol. The smallest absolute Gasteiger partial charge is 0.424 e. The second-order valence-corrected chi connectivity index (χ2v) is 7.98. The molecule has 0 spiro atoms. The van der Waals surface area contributed by atoms with Crippen molar-refractivity contribution in [3.05, 3.63) is 65.5 Å². The number of alkyl halides is 3. The molecule has 0 fully saturated rings. The number of aliphatic hydroxyl groups is 2. The van der Waals surface area contributed by atoms with E-state index in [-0.39, 0.29) is 36.0 Å². The van der Waals surface area contributed by atoms with E-state index in [2.05, 4.69) is 15.3 Å². The first-order valence-corrected chi connectivity index (χ1v) is 11.0. The van der Waals surface area contributed by atoms with Crippen LogP contribution in [0.4, 0.5) is 13.2 Å². The Morgan fingerprint density at radius 2 is 1.81 bits per heavy atom. The number of hydrogen-bond acceptors (Lipinski definition) is 8. The topological polar surface area (TPSA) is 123 Å². The molecule has 3 rings (SSSR count). The lowest BCUT2D eigenvalue weighted by Gasteiger charge is -2.30. The zero-order valence-corrected chi connectivity index (χ0v) is 20.3. The Morgan fingerprint density at radius 1 is 1.05 bits per heavy atom. The summed E-state index contributed by atoms with van der Waals surface area (Å²) in [6, 6.07) is 9.74. The fourth-order valence-corrected chi connectivity index (χ4v) is 3.41. The maximum atomic E-state index is 14.2. The van der Waals surface area contributed by atoms with Gasteiger partial charge in [0, 0.05) is 23.4 Å². The maximum absolute atomic E-state index is 14.2. The molecular weight excluding hydrogens is 495 g/mol. The molecule has 0 aliphatic rings. The van der Waals surface area contributed by atoms with Crippen molar-refractivity contribution in [2.45, 2.75) is 18.7 Å². The third-order valence-electron chi connectivity index (χ3n) is 5.38. The Kier molecular flexibility index (Phi) is 8.56. The number of pyridine rings is 2. The molecule has 0 bridgehead atoms. The van der Waals surface area contributed by atoms with Crippen LogP contribution in [0.15, 0.2) is 48.7 Å². The summed E-state index contributed by atoms with van der Waals surface area (Å²) >= 11 is 0. The Bertz CT molecular complexity index is 1240. The van der Waals surface area contributed by atoms with Gasteiger partial charge in [-0.3, -0.25) is 4.79 Å². The molecule has 0 aliphatic carbocycles. The van der Waals surface area contributed by atoms with Gasteiger partial charge in [0.25, 0.3) is 5.91 Å². The number of aliphatic hydroxyl groups excluding tert-OH is 1. The number of nitrogens with zero attached hydrogens (tertiary/aromatic N) is 2. The Balaban J connectivity index is 1.90. The number of nitrogens with one attached hydrogen (secondary N) is 1. The van der Waals surface area contributed by atoms with Gasteiger partial charge in [0.2, 0.25) is 11.5 Å². The first kappa shape index (κ1) is 27.7. The van der Waals surface area contributed by atoms with Gasteiger partial charge in [-0.05, 0) is 48.9 Å². The van der Waals surface area contributed by atoms with Gasteiger partial charge in [0.05, 0.1) is 38.8 Å². The highest BCUT2D eigenvalue weighted by Gasteiger charge is 2.56. The van der Waals surface area contributed by atoms with Gasteiger partial charge in [-0.1, -0.05) is 0 Å². The van der Waals surface area contributed by atoms with Crippen LogP contribution in [-0.2, 0) is 5.60 Å². The van der Waals surface area contributed by atoms with Gasteiger partial charge in [0.15, 0.2) is 11.5 Å². The Labute approximate surface area is 210 Å². The van der Waals surface area contributed by atoms with Gasteiger partial charge in [-0.15, -0.1) is 0 Å². The molecule has 12 heteroatoms. The molecule has 1 amide bonds. The SMILES string of the molecule is COc1ccc(-c2cc(C)cc(C(O)(CNC(=O)c3ccc(OCCO)c(OC)c3)C(F)(F)F)n2)cn1. The molecule has 2 heterocycles. The van der Waals surface area contributed by atoms with Crippen LogP contribution in [0.2, 0.25) is 0 Å². The summed E-state index contributed by atoms with van der Waals surface area (Å²) < 4.78 is 57.9. The zero-order chi connectivity index (χ0) is 27.2. The lowest BCUT2D eigenvalue weighted by Crippen LogP contribution is -2.51. The number of methoxy groups -OCH3 is 2. The molecule has 1 atom stereocenters. The maximum Gasteiger partial charge on any atom is 0.424 e. The summed E-state index contributed by atoms with van der Waals surface area (Å²) in [6.07, 6.45) is -3.78. The van der Waals surface area contributed by atoms with E-state index in [1.54, 1.807) is 19.1 Å². The third kappa shape index (κ3) is 6.27. The normalized spacial score (nSPS) is 13.0. The minimum Gasteiger partial charge on any atom is -0.493 e. The standard InChI is InChI=1S/C25H26F3N3O6/c1-15-10-18(17-5-7-22(36-3)29-13-17)31-21(11-15)24(34,25(26,27)28)14-30-23(33)16-4-6-19(37-9-8-32)20(12-16)35-2/h4-7,10-13,32,34H,8-9,14H2,1-3H3,(H,30,33). The third-order valence-corrected chi connectivity index (χ3v) is 5.38. The number of rotatable bonds is 10. The number of amides is 1. The number of carbonyl (C=O) groups is 1. The molecule has 0 saturated heterocycles. The van der Waals surface area contributed by atoms with Crippen LogP contribution in [0.3, 0.4) is 0 Å². The quantitative estimate of drug-likeness (QED) is 0.372. The summed E-state index contributed by atoms with van der Waals surface area (Å²) in [6.45, 7) is 0.106. The van der Waals surface area contributed by atoms with E-state index in [1.807, 2.05) is 0 Å². The lowest BCUT2D eigenvalue weighted by atomic mass is 9.95. The van der Waals surface area contributed by atoms with Gasteiger partial charge in [-0.2, -0.15) is 13.2 Å². The van der Waals surface area contributed by atoms with Gasteiger partial charge >= 0.3 is 6.18 Å². The number of aryl methyl sites for hydroxylation is 1. The molecule has 0 aliphatic heterocycles. The number of benzene rings is 1. The van der Waals surface area contributed by atoms with Crippen molar-refractivity contribution in [1.82, 2.24) is 15.3 Å². The summed E-state index contributed by atoms with van der Waals surface area (Å²) in [7, 11) is 2.75. The highest BCUT2D eigenvalue weighted by Crippen LogP contribution is 2.39. The average Bonchev–Trinajstić information content (AvgIpc) is 2.89. The van der Waals surface area contributed by atoms with E-state index in [4.69, 9.17) is 19.3 Å². The molecular formula is C25H26F3N3O6. The number of halogens is 3. The molecule has 198 valence electrons. The highest BCUT2D eigenvalue weighted by atomic mass is 19.4. The number of carbonyl (C=O) groups excluding carboxylic acids is 1. The van der Waals surface area contributed by atoms with Crippen molar-refractivity contribution < 1.29 is 42.4 Å². The van der Waals surface area contributed by atoms with E-state index in [9.17, 15) is 23.1 Å². The second-order valence-electron chi connectivity index (χ2n) is 7.98. The van der Waals surface area contributed by atoms with Crippen LogP contribution in [-0.4, -0.2) is 66.2 Å². The molecule has 3 aromatic rings. The van der Waals surface area contributed by atoms with Crippen LogP contribution in [0.1, 0.15) is 21.6 Å². The molecule has 1 aromatic carbocycles. The predicted molar refractivity (Wildman–Crippen MR) is 127 cm³/mol. The first-order valence-electron chi connectivity index (χ1n) is 11.0. The molecule has 0 saturated carbocycles. The fourth-order valence-electron chi connectivity index (χ4n) is 3.41. The van der Waals surface area contributed by atoms with Crippen molar-refractivity contribution in [2.24, 2.45) is 0 Å². The Hall–Kier alpha value is -3.90. The molecule has 9 nitrogen and oxygen atoms in total. The van der Waals surface area contributed by atoms with Crippen molar-refractivity contribution >= 4 is 5.91 Å². The highest BCUT2D eigenvalue weighted by molar-refractivity contribution is 5.95. The number of ether oxygens (including phenoxy) is 3. The van der Waals surface area contributed by atoms with Crippen LogP contribution in [0.5, 0.6) is 17.4 Å². The number of hydrogen-bond donors (Lipinski definition) is 3. The Morgan fingerprint density at radius 3 is 2.41 bits per heavy atom. The summed E-state index contributed by atoms with van der Waals surface area (Å²) in [4.78, 5) is 20.8. The minimum absolute atomic E-state index is 0.0153. The molecule has 1 unspecified atom stereocenters. The van der Waals surface area contributed by atoms with Gasteiger partial charge in [-0.25, -0.2) is 9.97 Å². The van der Waals surface area contributed by atoms with E-state index >= 15 is 0 Å². The van der Waals surface area contributed by atoms with E-state index in [0.29, 0.717) is 17.0 Å². The molecule has 3 N–H and O–H groups in total. The molecule has 2 aromatic heterocycles. The van der Waals surface area contributed by atoms with Crippen LogP contribution in [0.25, 0.3) is 11.3 Å². The van der Waals surface area contributed by atoms with Gasteiger partial charge in [0.1, 0.15) is 6.61 Å². The van der Waals surface area contributed by atoms with E-state index in [1.165, 1.54) is 44.7 Å². The summed E-state index contributed by atoms with van der Waals surface area (Å²) in [5.74, 6) is -0.188. The molecule has 37 heavy (non-hydrogen) atoms. The van der Waals surface area contributed by atoms with Crippen LogP contribution in [0, 0.1) is 6.92 Å². The minimum atomic E-state index is -5.17. The predicted octanol–water partition coefficient (Wildman–Crippen LogP) is 3.02. The fraction of sp³-hybridized carbons (Fsp3) is 0.320. The molecule has 0 radical (unpaired) electrons. The first-order chi connectivity index (χ1) is 17.5. The zero-order valence-electron chi connectivity index (χ0n) is 20.3. The van der Waals surface area contributed by atoms with Crippen LogP contribution >= 0.6 is 0 Å². The average molecular weight is 521 g/mol. The van der Waals surface area contributed by atoms with Crippen molar-refractivity contribution in [2.75, 3.05) is 34.0 Å². The largest absolute Gasteiger partial charge is 0.493 e. The number of aromatic nitrogens is 2. The van der Waals surface area contributed by atoms with E-state index in [0.717, 1.165) is 6.07 Å². The van der Waals surface area contributed by atoms with Crippen molar-refractivity contribution in [1.29, 1.82) is 0 Å². The van der Waals surface area contributed by atoms with Gasteiger partial charge < -0.3 is 29.7 Å². The van der Waals surface area contributed by atoms with Crippen molar-refractivity contribution in [3.8, 4) is 28.6 Å². The summed E-state index contributed by atoms with van der Waals surface area (Å²) in [5, 5.41) is 21.9.